The summed E-state index contributed by atoms with van der Waals surface area (Å²) in [4.78, 5) is 0. The van der Waals surface area contributed by atoms with Crippen LogP contribution in [0.4, 0.5) is 0 Å². The SMILES string of the molecule is N#[C][Ru-2]([C]#N)([C]#N)([C]#N)([C]#N)[C]#N.N#[C][Ru-2]([C]#N)([C]#N)([C]#N)([C]#N)[C]#N.[Os+4]. The van der Waals surface area contributed by atoms with Crippen molar-refractivity contribution in [3.63, 3.8) is 0 Å². The van der Waals surface area contributed by atoms with Crippen LogP contribution in [0.3, 0.4) is 0 Å². The van der Waals surface area contributed by atoms with Gasteiger partial charge in [-0.3, -0.25) is 0 Å². The van der Waals surface area contributed by atoms with Crippen LogP contribution in [-0.4, -0.2) is 0 Å². The predicted octanol–water partition coefficient (Wildman–Crippen LogP) is 0.194. The third-order valence-corrected chi connectivity index (χ3v) is 14.0. The van der Waals surface area contributed by atoms with Gasteiger partial charge in [0.25, 0.3) is 0 Å². The molecule has 0 spiro atoms. The van der Waals surface area contributed by atoms with Crippen LogP contribution in [-0.2, 0) is 44.6 Å². The Balaban J connectivity index is -0.000000411. The Bertz CT molecular complexity index is 882. The van der Waals surface area contributed by atoms with Gasteiger partial charge in [0.1, 0.15) is 0 Å². The molecule has 15 heteroatoms. The molecule has 0 aliphatic heterocycles. The number of hydrogen-bond acceptors (Lipinski definition) is 12. The average molecular weight is 705 g/mol. The summed E-state index contributed by atoms with van der Waals surface area (Å²) in [6.07, 6.45) is 0. The summed E-state index contributed by atoms with van der Waals surface area (Å²) >= 11 is -13.1. The Labute approximate surface area is 162 Å². The standard InChI is InChI=1S/12CN.Os.2Ru/c12*1-2;;;/q;;;;;;;;;;;;+4;2*-2. The second-order valence-electron chi connectivity index (χ2n) is 3.60. The third kappa shape index (κ3) is 2.73. The zero-order valence-corrected chi connectivity index (χ0v) is 18.4. The van der Waals surface area contributed by atoms with Gasteiger partial charge < -0.3 is 0 Å². The second-order valence-corrected chi connectivity index (χ2v) is 21.3. The van der Waals surface area contributed by atoms with Crippen molar-refractivity contribution in [1.29, 1.82) is 63.1 Å². The van der Waals surface area contributed by atoms with Crippen LogP contribution in [0.25, 0.3) is 0 Å². The molecule has 0 aliphatic carbocycles. The van der Waals surface area contributed by atoms with Crippen molar-refractivity contribution in [2.24, 2.45) is 0 Å². The van der Waals surface area contributed by atoms with Crippen molar-refractivity contribution in [2.75, 3.05) is 0 Å². The molecule has 0 heterocycles. The van der Waals surface area contributed by atoms with Gasteiger partial charge in [-0.15, -0.1) is 0 Å². The molecule has 0 unspecified atom stereocenters. The zero-order valence-electron chi connectivity index (χ0n) is 12.4. The zero-order chi connectivity index (χ0) is 21.3. The van der Waals surface area contributed by atoms with E-state index in [4.69, 9.17) is 63.1 Å². The Hall–Kier alpha value is -4.24. The van der Waals surface area contributed by atoms with Gasteiger partial charge in [0, 0.05) is 0 Å². The van der Waals surface area contributed by atoms with Gasteiger partial charge in [-0.25, -0.2) is 0 Å². The predicted molar refractivity (Wildman–Crippen MR) is 67.4 cm³/mol. The molecule has 132 valence electrons. The van der Waals surface area contributed by atoms with Crippen molar-refractivity contribution < 1.29 is 44.6 Å². The van der Waals surface area contributed by atoms with Crippen molar-refractivity contribution in [2.45, 2.75) is 0 Å². The molecule has 0 aromatic carbocycles. The minimum absolute atomic E-state index is 0. The molecule has 0 rings (SSSR count). The van der Waals surface area contributed by atoms with Gasteiger partial charge in [0.05, 0.1) is 0 Å². The molecule has 0 aliphatic rings. The minimum Gasteiger partial charge on any atom is 4.00 e. The van der Waals surface area contributed by atoms with E-state index in [-0.39, 0.29) is 19.8 Å². The first-order valence-electron chi connectivity index (χ1n) is 4.80. The molecule has 12 nitrogen and oxygen atoms in total. The maximum absolute atomic E-state index is 8.59. The van der Waals surface area contributed by atoms with E-state index >= 15 is 0 Å². The largest absolute Gasteiger partial charge is 4.00 e. The smallest absolute Gasteiger partial charge is 4.00 e. The number of hydrogen-bond donors (Lipinski definition) is 0. The number of nitrogens with zero attached hydrogens (tertiary/aromatic N) is 12. The van der Waals surface area contributed by atoms with Crippen molar-refractivity contribution in [3.05, 3.63) is 0 Å². The maximum atomic E-state index is 8.59. The van der Waals surface area contributed by atoms with Gasteiger partial charge in [-0.2, -0.15) is 0 Å². The molecule has 27 heavy (non-hydrogen) atoms. The fraction of sp³-hybridized carbons (Fsp3) is 0. The second kappa shape index (κ2) is 6.58. The molecule has 0 bridgehead atoms. The molecule has 0 aromatic rings. The summed E-state index contributed by atoms with van der Waals surface area (Å²) in [7, 11) is 0. The van der Waals surface area contributed by atoms with E-state index < -0.39 is 24.8 Å². The quantitative estimate of drug-likeness (QED) is 0.306. The summed E-state index contributed by atoms with van der Waals surface area (Å²) in [6, 6.07) is 0. The Kier molecular flexibility index (Phi) is 6.73. The fourth-order valence-corrected chi connectivity index (χ4v) is 3.14. The van der Waals surface area contributed by atoms with E-state index in [2.05, 4.69) is 0 Å². The molecule has 0 atom stereocenters. The first-order valence-corrected chi connectivity index (χ1v) is 15.2. The number of rotatable bonds is 0. The van der Waals surface area contributed by atoms with Gasteiger partial charge in [-0.1, -0.05) is 0 Å². The summed E-state index contributed by atoms with van der Waals surface area (Å²) in [5.74, 6) is 0. The molecular weight excluding hydrogens is 705 g/mol. The van der Waals surface area contributed by atoms with Crippen molar-refractivity contribution >= 4 is 0 Å². The normalized spacial score (nSPS) is 12.9. The molecule has 0 amide bonds. The van der Waals surface area contributed by atoms with Crippen LogP contribution in [0.2, 0.25) is 0 Å². The van der Waals surface area contributed by atoms with Gasteiger partial charge in [0.15, 0.2) is 0 Å². The fourth-order valence-electron chi connectivity index (χ4n) is 0.530. The van der Waals surface area contributed by atoms with E-state index in [1.807, 2.05) is 0 Å². The van der Waals surface area contributed by atoms with Crippen LogP contribution >= 0.6 is 0 Å². The van der Waals surface area contributed by atoms with Gasteiger partial charge in [0.2, 0.25) is 0 Å². The van der Waals surface area contributed by atoms with Crippen LogP contribution < -0.4 is 0 Å². The Morgan fingerprint density at radius 2 is 0.333 bits per heavy atom. The van der Waals surface area contributed by atoms with Crippen LogP contribution in [0.1, 0.15) is 0 Å². The topological polar surface area (TPSA) is 285 Å². The van der Waals surface area contributed by atoms with Crippen LogP contribution in [0.5, 0.6) is 0 Å². The summed E-state index contributed by atoms with van der Waals surface area (Å²) in [5, 5.41) is 103. The Morgan fingerprint density at radius 3 is 0.333 bits per heavy atom. The molecular formula is C12N12OsRu2. The van der Waals surface area contributed by atoms with E-state index in [0.717, 1.165) is 56.0 Å². The Morgan fingerprint density at radius 1 is 0.259 bits per heavy atom. The van der Waals surface area contributed by atoms with Crippen LogP contribution in [0.15, 0.2) is 0 Å². The molecule has 0 fully saturated rings. The summed E-state index contributed by atoms with van der Waals surface area (Å²) < 4.78 is 12.7. The molecule has 0 radical (unpaired) electrons. The molecule has 0 saturated heterocycles. The summed E-state index contributed by atoms with van der Waals surface area (Å²) in [5.41, 5.74) is 0. The first-order chi connectivity index (χ1) is 11.9. The maximum Gasteiger partial charge on any atom is 4.00 e. The molecule has 0 N–H and O–H groups in total. The van der Waals surface area contributed by atoms with Crippen molar-refractivity contribution in [3.8, 4) is 56.0 Å². The summed E-state index contributed by atoms with van der Waals surface area (Å²) in [6.45, 7) is 0. The van der Waals surface area contributed by atoms with E-state index in [1.165, 1.54) is 0 Å². The third-order valence-electron chi connectivity index (χ3n) is 2.37. The van der Waals surface area contributed by atoms with Gasteiger partial charge in [-0.05, 0) is 0 Å². The molecule has 0 aromatic heterocycles. The van der Waals surface area contributed by atoms with E-state index in [0.29, 0.717) is 0 Å². The minimum atomic E-state index is -6.55. The number of nitriles is 12. The van der Waals surface area contributed by atoms with Crippen LogP contribution in [0, 0.1) is 119 Å². The average Bonchev–Trinajstić information content (AvgIpc) is 2.77. The van der Waals surface area contributed by atoms with E-state index in [1.54, 1.807) is 0 Å². The van der Waals surface area contributed by atoms with Crippen molar-refractivity contribution in [1.82, 2.24) is 0 Å². The first kappa shape index (κ1) is 27.6. The van der Waals surface area contributed by atoms with E-state index in [9.17, 15) is 0 Å². The van der Waals surface area contributed by atoms with Gasteiger partial charge >= 0.3 is 164 Å². The monoisotopic (exact) mass is 708 g/mol. The molecule has 0 saturated carbocycles.